The van der Waals surface area contributed by atoms with Gasteiger partial charge in [0.15, 0.2) is 20.8 Å². The third kappa shape index (κ3) is 2.11. The summed E-state index contributed by atoms with van der Waals surface area (Å²) in [6, 6.07) is 9.50. The summed E-state index contributed by atoms with van der Waals surface area (Å²) in [7, 11) is 1.30. The van der Waals surface area contributed by atoms with Crippen LogP contribution in [0.25, 0.3) is 21.7 Å². The fourth-order valence-corrected chi connectivity index (χ4v) is 2.87. The second-order valence-corrected chi connectivity index (χ2v) is 5.14. The first kappa shape index (κ1) is 12.2. The molecule has 0 unspecified atom stereocenters. The summed E-state index contributed by atoms with van der Waals surface area (Å²) in [5, 5.41) is 1.66. The molecule has 2 aromatic heterocycles. The Labute approximate surface area is 117 Å². The molecule has 0 spiro atoms. The van der Waals surface area contributed by atoms with Gasteiger partial charge in [-0.3, -0.25) is 0 Å². The third-order valence-electron chi connectivity index (χ3n) is 2.59. The number of rotatable bonds is 2. The third-order valence-corrected chi connectivity index (χ3v) is 4.03. The lowest BCUT2D eigenvalue weighted by atomic mass is 10.2. The zero-order valence-corrected chi connectivity index (χ0v) is 11.4. The Morgan fingerprint density at radius 3 is 2.95 bits per heavy atom. The van der Waals surface area contributed by atoms with Crippen LogP contribution in [0.1, 0.15) is 9.67 Å². The number of halogens is 1. The first-order valence-electron chi connectivity index (χ1n) is 5.42. The van der Waals surface area contributed by atoms with Gasteiger partial charge >= 0.3 is 5.97 Å². The largest absolute Gasteiger partial charge is 0.465 e. The van der Waals surface area contributed by atoms with Gasteiger partial charge in [0.25, 0.3) is 0 Å². The lowest BCUT2D eigenvalue weighted by Gasteiger charge is -1.92. The van der Waals surface area contributed by atoms with Crippen molar-refractivity contribution < 1.29 is 13.9 Å². The first-order chi connectivity index (χ1) is 9.19. The molecule has 4 nitrogen and oxygen atoms in total. The number of ether oxygens (including phenoxy) is 1. The molecule has 0 atom stereocenters. The van der Waals surface area contributed by atoms with Crippen molar-refractivity contribution in [2.75, 3.05) is 7.11 Å². The maximum Gasteiger partial charge on any atom is 0.351 e. The average molecular weight is 294 g/mol. The number of hydrogen-bond donors (Lipinski definition) is 0. The fraction of sp³-hybridized carbons (Fsp3) is 0.0769. The molecule has 0 aliphatic rings. The molecular formula is C13H8ClNO3S. The average Bonchev–Trinajstić information content (AvgIpc) is 3.00. The van der Waals surface area contributed by atoms with Crippen molar-refractivity contribution in [1.82, 2.24) is 4.98 Å². The summed E-state index contributed by atoms with van der Waals surface area (Å²) in [5.74, 6) is 0.0908. The van der Waals surface area contributed by atoms with E-state index in [9.17, 15) is 4.79 Å². The number of esters is 1. The van der Waals surface area contributed by atoms with Gasteiger partial charge in [-0.2, -0.15) is 0 Å². The highest BCUT2D eigenvalue weighted by molar-refractivity contribution is 7.17. The molecule has 96 valence electrons. The molecule has 0 saturated carbocycles. The van der Waals surface area contributed by atoms with Crippen LogP contribution in [0.5, 0.6) is 0 Å². The van der Waals surface area contributed by atoms with Crippen LogP contribution in [0, 0.1) is 0 Å². The Balaban J connectivity index is 2.09. The number of nitrogens with zero attached hydrogens (tertiary/aromatic N) is 1. The summed E-state index contributed by atoms with van der Waals surface area (Å²) in [6.45, 7) is 0. The Bertz CT molecular complexity index is 729. The van der Waals surface area contributed by atoms with E-state index in [-0.39, 0.29) is 10.0 Å². The maximum absolute atomic E-state index is 11.5. The van der Waals surface area contributed by atoms with Gasteiger partial charge in [-0.1, -0.05) is 29.8 Å². The van der Waals surface area contributed by atoms with Crippen LogP contribution in [-0.2, 0) is 4.74 Å². The van der Waals surface area contributed by atoms with E-state index < -0.39 is 5.97 Å². The molecule has 3 rings (SSSR count). The Morgan fingerprint density at radius 1 is 1.42 bits per heavy atom. The summed E-state index contributed by atoms with van der Waals surface area (Å²) >= 11 is 7.07. The number of thiazole rings is 1. The minimum absolute atomic E-state index is 0.132. The predicted octanol–water partition coefficient (Wildman–Crippen LogP) is 4.00. The van der Waals surface area contributed by atoms with Crippen LogP contribution in [0.2, 0.25) is 5.15 Å². The fourth-order valence-electron chi connectivity index (χ4n) is 1.71. The SMILES string of the molecule is COC(=O)c1sc(-c2cc3ccccc3o2)nc1Cl. The number of carbonyl (C=O) groups excluding carboxylic acids is 1. The zero-order valence-electron chi connectivity index (χ0n) is 9.84. The highest BCUT2D eigenvalue weighted by atomic mass is 35.5. The Morgan fingerprint density at radius 2 is 2.21 bits per heavy atom. The molecular weight excluding hydrogens is 286 g/mol. The van der Waals surface area contributed by atoms with E-state index in [4.69, 9.17) is 16.0 Å². The standard InChI is InChI=1S/C13H8ClNO3S/c1-17-13(16)10-11(14)15-12(19-10)9-6-7-4-2-3-5-8(7)18-9/h2-6H,1H3. The minimum atomic E-state index is -0.495. The van der Waals surface area contributed by atoms with Crippen molar-refractivity contribution in [1.29, 1.82) is 0 Å². The van der Waals surface area contributed by atoms with E-state index in [0.717, 1.165) is 22.3 Å². The van der Waals surface area contributed by atoms with Crippen molar-refractivity contribution in [3.05, 3.63) is 40.4 Å². The number of furan rings is 1. The highest BCUT2D eigenvalue weighted by Gasteiger charge is 2.19. The number of benzene rings is 1. The zero-order chi connectivity index (χ0) is 13.4. The van der Waals surface area contributed by atoms with Crippen LogP contribution < -0.4 is 0 Å². The van der Waals surface area contributed by atoms with Crippen LogP contribution >= 0.6 is 22.9 Å². The molecule has 0 N–H and O–H groups in total. The molecule has 0 radical (unpaired) electrons. The van der Waals surface area contributed by atoms with Gasteiger partial charge < -0.3 is 9.15 Å². The predicted molar refractivity (Wildman–Crippen MR) is 73.7 cm³/mol. The summed E-state index contributed by atoms with van der Waals surface area (Å²) in [5.41, 5.74) is 0.767. The molecule has 0 amide bonds. The van der Waals surface area contributed by atoms with Gasteiger partial charge in [0.1, 0.15) is 5.58 Å². The quantitative estimate of drug-likeness (QED) is 0.670. The second-order valence-electron chi connectivity index (χ2n) is 3.78. The summed E-state index contributed by atoms with van der Waals surface area (Å²) < 4.78 is 10.3. The van der Waals surface area contributed by atoms with Crippen LogP contribution in [0.4, 0.5) is 0 Å². The number of carbonyl (C=O) groups is 1. The number of hydrogen-bond acceptors (Lipinski definition) is 5. The van der Waals surface area contributed by atoms with Gasteiger partial charge in [0.2, 0.25) is 0 Å². The summed E-state index contributed by atoms with van der Waals surface area (Å²) in [6.07, 6.45) is 0. The van der Waals surface area contributed by atoms with E-state index in [1.807, 2.05) is 30.3 Å². The molecule has 19 heavy (non-hydrogen) atoms. The smallest absolute Gasteiger partial charge is 0.351 e. The monoisotopic (exact) mass is 293 g/mol. The second kappa shape index (κ2) is 4.68. The molecule has 3 aromatic rings. The lowest BCUT2D eigenvalue weighted by molar-refractivity contribution is 0.0606. The van der Waals surface area contributed by atoms with Gasteiger partial charge in [-0.25, -0.2) is 9.78 Å². The van der Waals surface area contributed by atoms with E-state index in [0.29, 0.717) is 10.8 Å². The van der Waals surface area contributed by atoms with Crippen molar-refractivity contribution in [3.63, 3.8) is 0 Å². The minimum Gasteiger partial charge on any atom is -0.465 e. The molecule has 0 aliphatic carbocycles. The van der Waals surface area contributed by atoms with Crippen molar-refractivity contribution in [3.8, 4) is 10.8 Å². The molecule has 1 aromatic carbocycles. The molecule has 0 aliphatic heterocycles. The van der Waals surface area contributed by atoms with Gasteiger partial charge in [0.05, 0.1) is 7.11 Å². The van der Waals surface area contributed by atoms with Crippen molar-refractivity contribution in [2.45, 2.75) is 0 Å². The molecule has 0 fully saturated rings. The number of fused-ring (bicyclic) bond motifs is 1. The van der Waals surface area contributed by atoms with Crippen LogP contribution in [0.3, 0.4) is 0 Å². The van der Waals surface area contributed by atoms with Crippen LogP contribution in [-0.4, -0.2) is 18.1 Å². The van der Waals surface area contributed by atoms with Crippen molar-refractivity contribution >= 4 is 39.9 Å². The number of methoxy groups -OCH3 is 1. The van der Waals surface area contributed by atoms with Gasteiger partial charge in [0, 0.05) is 5.39 Å². The topological polar surface area (TPSA) is 52.3 Å². The van der Waals surface area contributed by atoms with Gasteiger partial charge in [-0.05, 0) is 12.1 Å². The lowest BCUT2D eigenvalue weighted by Crippen LogP contribution is -1.98. The van der Waals surface area contributed by atoms with Crippen LogP contribution in [0.15, 0.2) is 34.7 Å². The summed E-state index contributed by atoms with van der Waals surface area (Å²) in [4.78, 5) is 15.9. The van der Waals surface area contributed by atoms with Gasteiger partial charge in [-0.15, -0.1) is 11.3 Å². The Kier molecular flexibility index (Phi) is 3.00. The Hall–Kier alpha value is -1.85. The normalized spacial score (nSPS) is 10.8. The van der Waals surface area contributed by atoms with E-state index >= 15 is 0 Å². The maximum atomic E-state index is 11.5. The molecule has 2 heterocycles. The van der Waals surface area contributed by atoms with E-state index in [2.05, 4.69) is 9.72 Å². The highest BCUT2D eigenvalue weighted by Crippen LogP contribution is 2.34. The van der Waals surface area contributed by atoms with E-state index in [1.54, 1.807) is 0 Å². The number of aromatic nitrogens is 1. The van der Waals surface area contributed by atoms with Crippen molar-refractivity contribution in [2.24, 2.45) is 0 Å². The van der Waals surface area contributed by atoms with E-state index in [1.165, 1.54) is 7.11 Å². The first-order valence-corrected chi connectivity index (χ1v) is 6.62. The number of para-hydroxylation sites is 1. The molecule has 0 saturated heterocycles. The molecule has 6 heteroatoms. The molecule has 0 bridgehead atoms.